The van der Waals surface area contributed by atoms with Crippen LogP contribution in [-0.2, 0) is 12.7 Å². The second-order valence-electron chi connectivity index (χ2n) is 4.03. The van der Waals surface area contributed by atoms with Crippen molar-refractivity contribution in [1.29, 1.82) is 0 Å². The monoisotopic (exact) mass is 293 g/mol. The Morgan fingerprint density at radius 3 is 2.63 bits per heavy atom. The van der Waals surface area contributed by atoms with Crippen LogP contribution in [-0.4, -0.2) is 24.0 Å². The lowest BCUT2D eigenvalue weighted by atomic mass is 10.1. The van der Waals surface area contributed by atoms with Gasteiger partial charge >= 0.3 is 6.18 Å². The van der Waals surface area contributed by atoms with Gasteiger partial charge in [-0.3, -0.25) is 0 Å². The summed E-state index contributed by atoms with van der Waals surface area (Å²) in [5.74, 6) is 0.478. The highest BCUT2D eigenvalue weighted by atomic mass is 32.2. The average Bonchev–Trinajstić information content (AvgIpc) is 2.36. The predicted octanol–water partition coefficient (Wildman–Crippen LogP) is 3.29. The van der Waals surface area contributed by atoms with Crippen LogP contribution in [0.1, 0.15) is 24.5 Å². The van der Waals surface area contributed by atoms with Crippen molar-refractivity contribution < 1.29 is 18.3 Å². The van der Waals surface area contributed by atoms with E-state index < -0.39 is 11.7 Å². The third-order valence-corrected chi connectivity index (χ3v) is 3.65. The first-order valence-electron chi connectivity index (χ1n) is 6.13. The third-order valence-electron chi connectivity index (χ3n) is 2.49. The van der Waals surface area contributed by atoms with Crippen LogP contribution in [0.4, 0.5) is 13.2 Å². The summed E-state index contributed by atoms with van der Waals surface area (Å²) in [4.78, 5) is 0.223. The first kappa shape index (κ1) is 16.3. The van der Waals surface area contributed by atoms with Gasteiger partial charge in [-0.25, -0.2) is 0 Å². The zero-order chi connectivity index (χ0) is 14.3. The van der Waals surface area contributed by atoms with Gasteiger partial charge in [-0.05, 0) is 30.7 Å². The fourth-order valence-corrected chi connectivity index (χ4v) is 2.54. The van der Waals surface area contributed by atoms with E-state index in [0.29, 0.717) is 30.8 Å². The molecular weight excluding hydrogens is 275 g/mol. The lowest BCUT2D eigenvalue weighted by molar-refractivity contribution is -0.139. The zero-order valence-corrected chi connectivity index (χ0v) is 11.6. The Kier molecular flexibility index (Phi) is 6.68. The van der Waals surface area contributed by atoms with Crippen LogP contribution in [0.3, 0.4) is 0 Å². The number of halogens is 3. The Hall–Kier alpha value is -0.720. The van der Waals surface area contributed by atoms with Gasteiger partial charge in [-0.2, -0.15) is 13.2 Å². The molecule has 0 fully saturated rings. The Balaban J connectivity index is 2.90. The first-order valence-corrected chi connectivity index (χ1v) is 7.12. The van der Waals surface area contributed by atoms with E-state index in [1.807, 2.05) is 6.92 Å². The molecule has 0 aromatic heterocycles. The molecule has 2 N–H and O–H groups in total. The SMILES string of the molecule is CCNCc1ccc(SCCCO)c(C(F)(F)F)c1. The van der Waals surface area contributed by atoms with Crippen molar-refractivity contribution in [2.45, 2.75) is 31.0 Å². The van der Waals surface area contributed by atoms with Gasteiger partial charge in [0.25, 0.3) is 0 Å². The number of benzene rings is 1. The van der Waals surface area contributed by atoms with Crippen molar-refractivity contribution in [1.82, 2.24) is 5.32 Å². The molecule has 0 heterocycles. The number of hydrogen-bond donors (Lipinski definition) is 2. The minimum Gasteiger partial charge on any atom is -0.396 e. The van der Waals surface area contributed by atoms with Crippen LogP contribution in [0.2, 0.25) is 0 Å². The molecule has 0 radical (unpaired) electrons. The van der Waals surface area contributed by atoms with E-state index in [2.05, 4.69) is 5.32 Å². The maximum Gasteiger partial charge on any atom is 0.417 e. The highest BCUT2D eigenvalue weighted by Crippen LogP contribution is 2.37. The van der Waals surface area contributed by atoms with Crippen LogP contribution in [0.5, 0.6) is 0 Å². The minimum atomic E-state index is -4.34. The third kappa shape index (κ3) is 5.42. The fourth-order valence-electron chi connectivity index (χ4n) is 1.55. The molecule has 0 aliphatic heterocycles. The Bertz CT molecular complexity index is 396. The number of hydrogen-bond acceptors (Lipinski definition) is 3. The molecule has 1 rings (SSSR count). The maximum atomic E-state index is 13.0. The van der Waals surface area contributed by atoms with Gasteiger partial charge in [0.1, 0.15) is 0 Å². The molecule has 19 heavy (non-hydrogen) atoms. The highest BCUT2D eigenvalue weighted by Gasteiger charge is 2.33. The molecular formula is C13H18F3NOS. The molecule has 0 saturated heterocycles. The first-order chi connectivity index (χ1) is 8.99. The standard InChI is InChI=1S/C13H18F3NOS/c1-2-17-9-10-4-5-12(19-7-3-6-18)11(8-10)13(14,15)16/h4-5,8,17-18H,2-3,6-7,9H2,1H3. The van der Waals surface area contributed by atoms with Gasteiger partial charge < -0.3 is 10.4 Å². The van der Waals surface area contributed by atoms with Crippen molar-refractivity contribution in [2.75, 3.05) is 18.9 Å². The Morgan fingerprint density at radius 2 is 2.05 bits per heavy atom. The molecule has 6 heteroatoms. The summed E-state index contributed by atoms with van der Waals surface area (Å²) in [5.41, 5.74) is 0.0338. The number of thioether (sulfide) groups is 1. The van der Waals surface area contributed by atoms with Crippen LogP contribution in [0, 0.1) is 0 Å². The van der Waals surface area contributed by atoms with E-state index in [9.17, 15) is 13.2 Å². The molecule has 0 amide bonds. The van der Waals surface area contributed by atoms with Gasteiger partial charge in [-0.1, -0.05) is 13.0 Å². The van der Waals surface area contributed by atoms with Crippen LogP contribution < -0.4 is 5.32 Å². The molecule has 2 nitrogen and oxygen atoms in total. The average molecular weight is 293 g/mol. The van der Waals surface area contributed by atoms with E-state index in [1.54, 1.807) is 6.07 Å². The molecule has 1 aromatic carbocycles. The number of nitrogens with one attached hydrogen (secondary N) is 1. The summed E-state index contributed by atoms with van der Waals surface area (Å²) in [6.45, 7) is 3.05. The molecule has 0 spiro atoms. The normalized spacial score (nSPS) is 11.8. The smallest absolute Gasteiger partial charge is 0.396 e. The predicted molar refractivity (Wildman–Crippen MR) is 71.3 cm³/mol. The van der Waals surface area contributed by atoms with E-state index in [1.165, 1.54) is 12.1 Å². The Labute approximate surface area is 115 Å². The molecule has 1 aromatic rings. The summed E-state index contributed by atoms with van der Waals surface area (Å²) in [6.07, 6.45) is -3.86. The molecule has 0 aliphatic rings. The number of rotatable bonds is 7. The number of aliphatic hydroxyl groups excluding tert-OH is 1. The van der Waals surface area contributed by atoms with Crippen molar-refractivity contribution in [3.8, 4) is 0 Å². The van der Waals surface area contributed by atoms with Crippen molar-refractivity contribution in [3.63, 3.8) is 0 Å². The number of aliphatic hydroxyl groups is 1. The van der Waals surface area contributed by atoms with Crippen molar-refractivity contribution in [2.24, 2.45) is 0 Å². The summed E-state index contributed by atoms with van der Waals surface area (Å²) in [6, 6.07) is 4.42. The van der Waals surface area contributed by atoms with E-state index in [4.69, 9.17) is 5.11 Å². The van der Waals surface area contributed by atoms with Crippen LogP contribution >= 0.6 is 11.8 Å². The minimum absolute atomic E-state index is 0.00709. The lowest BCUT2D eigenvalue weighted by Gasteiger charge is -2.14. The molecule has 0 unspecified atom stereocenters. The van der Waals surface area contributed by atoms with Gasteiger partial charge in [0.05, 0.1) is 5.56 Å². The summed E-state index contributed by atoms with van der Waals surface area (Å²) in [5, 5.41) is 11.7. The highest BCUT2D eigenvalue weighted by molar-refractivity contribution is 7.99. The maximum absolute atomic E-state index is 13.0. The van der Waals surface area contributed by atoms with E-state index in [-0.39, 0.29) is 11.5 Å². The van der Waals surface area contributed by atoms with Crippen molar-refractivity contribution in [3.05, 3.63) is 29.3 Å². The second kappa shape index (κ2) is 7.77. The van der Waals surface area contributed by atoms with Gasteiger partial charge in [0.15, 0.2) is 0 Å². The summed E-state index contributed by atoms with van der Waals surface area (Å²) >= 11 is 1.13. The topological polar surface area (TPSA) is 32.3 Å². The van der Waals surface area contributed by atoms with Gasteiger partial charge in [0.2, 0.25) is 0 Å². The largest absolute Gasteiger partial charge is 0.417 e. The van der Waals surface area contributed by atoms with Crippen molar-refractivity contribution >= 4 is 11.8 Å². The molecule has 0 aliphatic carbocycles. The second-order valence-corrected chi connectivity index (χ2v) is 5.17. The molecule has 0 bridgehead atoms. The molecule has 0 saturated carbocycles. The Morgan fingerprint density at radius 1 is 1.32 bits per heavy atom. The van der Waals surface area contributed by atoms with Gasteiger partial charge in [0, 0.05) is 23.8 Å². The fraction of sp³-hybridized carbons (Fsp3) is 0.538. The zero-order valence-electron chi connectivity index (χ0n) is 10.8. The van der Waals surface area contributed by atoms with E-state index in [0.717, 1.165) is 11.8 Å². The summed E-state index contributed by atoms with van der Waals surface area (Å²) < 4.78 is 38.9. The number of alkyl halides is 3. The summed E-state index contributed by atoms with van der Waals surface area (Å²) in [7, 11) is 0. The molecule has 108 valence electrons. The quantitative estimate of drug-likeness (QED) is 0.598. The van der Waals surface area contributed by atoms with Gasteiger partial charge in [-0.15, -0.1) is 11.8 Å². The van der Waals surface area contributed by atoms with Crippen LogP contribution in [0.15, 0.2) is 23.1 Å². The molecule has 0 atom stereocenters. The lowest BCUT2D eigenvalue weighted by Crippen LogP contribution is -2.14. The van der Waals surface area contributed by atoms with E-state index >= 15 is 0 Å². The van der Waals surface area contributed by atoms with Crippen LogP contribution in [0.25, 0.3) is 0 Å².